The Morgan fingerprint density at radius 3 is 1.48 bits per heavy atom. The van der Waals surface area contributed by atoms with Gasteiger partial charge in [0.15, 0.2) is 0 Å². The molecule has 0 saturated heterocycles. The molecule has 0 bridgehead atoms. The van der Waals surface area contributed by atoms with Gasteiger partial charge >= 0.3 is 0 Å². The normalized spacial score (nSPS) is 11.4. The molecule has 0 radical (unpaired) electrons. The summed E-state index contributed by atoms with van der Waals surface area (Å²) in [5.41, 5.74) is 13.0. The van der Waals surface area contributed by atoms with Gasteiger partial charge in [-0.25, -0.2) is 0 Å². The summed E-state index contributed by atoms with van der Waals surface area (Å²) < 4.78 is 0. The lowest BCUT2D eigenvalue weighted by Crippen LogP contribution is -2.10. The highest BCUT2D eigenvalue weighted by Crippen LogP contribution is 2.33. The molecule has 3 rings (SSSR count). The first-order chi connectivity index (χ1) is 10.9. The lowest BCUT2D eigenvalue weighted by molar-refractivity contribution is 0.590. The van der Waals surface area contributed by atoms with Crippen molar-refractivity contribution in [2.75, 3.05) is 5.73 Å². The Morgan fingerprint density at radius 1 is 0.609 bits per heavy atom. The lowest BCUT2D eigenvalue weighted by atomic mass is 9.85. The lowest BCUT2D eigenvalue weighted by Gasteiger charge is -2.19. The van der Waals surface area contributed by atoms with E-state index in [2.05, 4.69) is 81.4 Å². The van der Waals surface area contributed by atoms with Gasteiger partial charge in [-0.1, -0.05) is 81.4 Å². The summed E-state index contributed by atoms with van der Waals surface area (Å²) in [6.07, 6.45) is 0. The van der Waals surface area contributed by atoms with Crippen molar-refractivity contribution in [2.24, 2.45) is 0 Å². The van der Waals surface area contributed by atoms with Crippen LogP contribution in [-0.2, 0) is 5.41 Å². The summed E-state index contributed by atoms with van der Waals surface area (Å²) >= 11 is 0. The van der Waals surface area contributed by atoms with Gasteiger partial charge in [0.1, 0.15) is 0 Å². The molecule has 0 saturated carbocycles. The summed E-state index contributed by atoms with van der Waals surface area (Å²) in [7, 11) is 0. The van der Waals surface area contributed by atoms with Crippen molar-refractivity contribution in [3.05, 3.63) is 78.4 Å². The van der Waals surface area contributed by atoms with Crippen LogP contribution in [0.4, 0.5) is 5.69 Å². The second-order valence-corrected chi connectivity index (χ2v) is 6.99. The first kappa shape index (κ1) is 15.4. The molecule has 1 nitrogen and oxygen atoms in total. The number of nitrogen functional groups attached to an aromatic ring is 1. The maximum Gasteiger partial charge on any atom is 0.0314 e. The molecule has 1 heteroatoms. The fourth-order valence-electron chi connectivity index (χ4n) is 2.80. The first-order valence-electron chi connectivity index (χ1n) is 8.01. The van der Waals surface area contributed by atoms with Gasteiger partial charge in [-0.3, -0.25) is 0 Å². The highest BCUT2D eigenvalue weighted by molar-refractivity contribution is 5.83. The minimum atomic E-state index is 0.176. The van der Waals surface area contributed by atoms with Crippen LogP contribution in [0.1, 0.15) is 26.3 Å². The molecule has 3 aromatic rings. The molecule has 0 unspecified atom stereocenters. The molecule has 0 heterocycles. The third-order valence-corrected chi connectivity index (χ3v) is 4.21. The van der Waals surface area contributed by atoms with Crippen LogP contribution in [0.2, 0.25) is 0 Å². The Bertz CT molecular complexity index is 791. The number of hydrogen-bond acceptors (Lipinski definition) is 1. The van der Waals surface area contributed by atoms with Crippen molar-refractivity contribution in [3.8, 4) is 22.3 Å². The van der Waals surface area contributed by atoms with E-state index >= 15 is 0 Å². The zero-order valence-electron chi connectivity index (χ0n) is 14.0. The Labute approximate surface area is 138 Å². The van der Waals surface area contributed by atoms with Crippen molar-refractivity contribution >= 4 is 5.69 Å². The summed E-state index contributed by atoms with van der Waals surface area (Å²) in [4.78, 5) is 0. The van der Waals surface area contributed by atoms with E-state index in [-0.39, 0.29) is 5.41 Å². The van der Waals surface area contributed by atoms with E-state index in [1.54, 1.807) is 0 Å². The highest BCUT2D eigenvalue weighted by Gasteiger charge is 2.14. The standard InChI is InChI=1S/C22H23N/c1-22(2,3)18-12-8-16(9-13-18)20-6-4-5-7-21(20)17-10-14-19(23)15-11-17/h4-15H,23H2,1-3H3. The highest BCUT2D eigenvalue weighted by atomic mass is 14.5. The van der Waals surface area contributed by atoms with E-state index in [1.807, 2.05) is 12.1 Å². The second kappa shape index (κ2) is 5.92. The minimum absolute atomic E-state index is 0.176. The van der Waals surface area contributed by atoms with Gasteiger partial charge in [0.25, 0.3) is 0 Å². The zero-order chi connectivity index (χ0) is 16.4. The van der Waals surface area contributed by atoms with Crippen LogP contribution in [-0.4, -0.2) is 0 Å². The Balaban J connectivity index is 2.05. The van der Waals surface area contributed by atoms with Crippen molar-refractivity contribution in [2.45, 2.75) is 26.2 Å². The van der Waals surface area contributed by atoms with E-state index in [4.69, 9.17) is 5.73 Å². The Hall–Kier alpha value is -2.54. The number of benzene rings is 3. The van der Waals surface area contributed by atoms with Crippen molar-refractivity contribution < 1.29 is 0 Å². The van der Waals surface area contributed by atoms with Gasteiger partial charge in [-0.05, 0) is 45.4 Å². The average Bonchev–Trinajstić information content (AvgIpc) is 2.55. The topological polar surface area (TPSA) is 26.0 Å². The van der Waals surface area contributed by atoms with E-state index in [9.17, 15) is 0 Å². The minimum Gasteiger partial charge on any atom is -0.399 e. The van der Waals surface area contributed by atoms with Crippen molar-refractivity contribution in [1.82, 2.24) is 0 Å². The number of nitrogens with two attached hydrogens (primary N) is 1. The molecule has 0 aliphatic rings. The van der Waals surface area contributed by atoms with Crippen LogP contribution in [0.25, 0.3) is 22.3 Å². The molecule has 0 fully saturated rings. The predicted molar refractivity (Wildman–Crippen MR) is 100 cm³/mol. The fourth-order valence-corrected chi connectivity index (χ4v) is 2.80. The monoisotopic (exact) mass is 301 g/mol. The summed E-state index contributed by atoms with van der Waals surface area (Å²) in [5.74, 6) is 0. The van der Waals surface area contributed by atoms with Gasteiger partial charge in [0.2, 0.25) is 0 Å². The van der Waals surface area contributed by atoms with Gasteiger partial charge in [-0.2, -0.15) is 0 Å². The van der Waals surface area contributed by atoms with E-state index in [0.29, 0.717) is 0 Å². The molecule has 0 spiro atoms. The van der Waals surface area contributed by atoms with Crippen LogP contribution in [0.3, 0.4) is 0 Å². The number of anilines is 1. The smallest absolute Gasteiger partial charge is 0.0314 e. The molecule has 0 aromatic heterocycles. The molecule has 3 aromatic carbocycles. The zero-order valence-corrected chi connectivity index (χ0v) is 14.0. The van der Waals surface area contributed by atoms with Crippen molar-refractivity contribution in [3.63, 3.8) is 0 Å². The molecule has 2 N–H and O–H groups in total. The van der Waals surface area contributed by atoms with Gasteiger partial charge in [0.05, 0.1) is 0 Å². The SMILES string of the molecule is CC(C)(C)c1ccc(-c2ccccc2-c2ccc(N)cc2)cc1. The maximum absolute atomic E-state index is 5.81. The third kappa shape index (κ3) is 3.29. The number of rotatable bonds is 2. The second-order valence-electron chi connectivity index (χ2n) is 6.99. The van der Waals surface area contributed by atoms with Gasteiger partial charge in [-0.15, -0.1) is 0 Å². The molecular formula is C22H23N. The summed E-state index contributed by atoms with van der Waals surface area (Å²) in [6, 6.07) is 25.5. The van der Waals surface area contributed by atoms with Crippen LogP contribution in [0.15, 0.2) is 72.8 Å². The van der Waals surface area contributed by atoms with Crippen LogP contribution >= 0.6 is 0 Å². The molecule has 0 aliphatic heterocycles. The van der Waals surface area contributed by atoms with Gasteiger partial charge < -0.3 is 5.73 Å². The quantitative estimate of drug-likeness (QED) is 0.586. The average molecular weight is 301 g/mol. The van der Waals surface area contributed by atoms with Crippen molar-refractivity contribution in [1.29, 1.82) is 0 Å². The molecular weight excluding hydrogens is 278 g/mol. The Morgan fingerprint density at radius 2 is 1.04 bits per heavy atom. The van der Waals surface area contributed by atoms with E-state index in [0.717, 1.165) is 5.69 Å². The van der Waals surface area contributed by atoms with Crippen LogP contribution in [0.5, 0.6) is 0 Å². The van der Waals surface area contributed by atoms with Crippen LogP contribution in [0, 0.1) is 0 Å². The molecule has 0 amide bonds. The van der Waals surface area contributed by atoms with Crippen LogP contribution < -0.4 is 5.73 Å². The third-order valence-electron chi connectivity index (χ3n) is 4.21. The summed E-state index contributed by atoms with van der Waals surface area (Å²) in [5, 5.41) is 0. The maximum atomic E-state index is 5.81. The molecule has 116 valence electrons. The molecule has 0 atom stereocenters. The van der Waals surface area contributed by atoms with Gasteiger partial charge in [0, 0.05) is 5.69 Å². The fraction of sp³-hybridized carbons (Fsp3) is 0.182. The summed E-state index contributed by atoms with van der Waals surface area (Å²) in [6.45, 7) is 6.72. The number of hydrogen-bond donors (Lipinski definition) is 1. The predicted octanol–water partition coefficient (Wildman–Crippen LogP) is 5.90. The largest absolute Gasteiger partial charge is 0.399 e. The Kier molecular flexibility index (Phi) is 3.96. The van der Waals surface area contributed by atoms with E-state index < -0.39 is 0 Å². The van der Waals surface area contributed by atoms with E-state index in [1.165, 1.54) is 27.8 Å². The molecule has 0 aliphatic carbocycles. The first-order valence-corrected chi connectivity index (χ1v) is 8.01. The molecule has 23 heavy (non-hydrogen) atoms.